The molecule has 0 saturated heterocycles. The Bertz CT molecular complexity index is 656. The number of amides is 1. The number of hydrogen-bond acceptors (Lipinski definition) is 3. The highest BCUT2D eigenvalue weighted by atomic mass is 16.6. The molecule has 2 aromatic carbocycles. The molecule has 0 fully saturated rings. The number of aliphatic hydroxyl groups is 1. The van der Waals surface area contributed by atoms with Crippen LogP contribution in [0.2, 0.25) is 0 Å². The van der Waals surface area contributed by atoms with Crippen molar-refractivity contribution < 1.29 is 14.6 Å². The van der Waals surface area contributed by atoms with Crippen molar-refractivity contribution in [2.24, 2.45) is 0 Å². The van der Waals surface area contributed by atoms with Crippen LogP contribution in [0.3, 0.4) is 0 Å². The normalized spacial score (nSPS) is 9.38. The van der Waals surface area contributed by atoms with Gasteiger partial charge in [0.1, 0.15) is 12.4 Å². The molecule has 21 heavy (non-hydrogen) atoms. The molecule has 0 aromatic heterocycles. The van der Waals surface area contributed by atoms with Crippen molar-refractivity contribution in [3.8, 4) is 17.6 Å². The number of carbonyl (C=O) groups excluding carboxylic acids is 1. The molecule has 0 aliphatic rings. The highest BCUT2D eigenvalue weighted by molar-refractivity contribution is 5.70. The second kappa shape index (κ2) is 7.73. The van der Waals surface area contributed by atoms with Gasteiger partial charge in [0.15, 0.2) is 0 Å². The molecular formula is C17H15NO3. The Morgan fingerprint density at radius 1 is 1.10 bits per heavy atom. The van der Waals surface area contributed by atoms with Gasteiger partial charge in [0.2, 0.25) is 0 Å². The Labute approximate surface area is 123 Å². The van der Waals surface area contributed by atoms with E-state index in [0.717, 1.165) is 11.1 Å². The molecule has 2 aromatic rings. The molecule has 4 heteroatoms. The fourth-order valence-electron chi connectivity index (χ4n) is 1.73. The largest absolute Gasteiger partial charge is 0.412 e. The topological polar surface area (TPSA) is 58.6 Å². The van der Waals surface area contributed by atoms with Gasteiger partial charge < -0.3 is 15.2 Å². The van der Waals surface area contributed by atoms with Gasteiger partial charge >= 0.3 is 6.09 Å². The van der Waals surface area contributed by atoms with E-state index in [-0.39, 0.29) is 6.61 Å². The van der Waals surface area contributed by atoms with E-state index in [1.807, 2.05) is 30.3 Å². The van der Waals surface area contributed by atoms with Crippen LogP contribution in [0, 0.1) is 11.8 Å². The van der Waals surface area contributed by atoms with E-state index in [1.165, 1.54) is 0 Å². The first-order chi connectivity index (χ1) is 10.3. The molecule has 0 bridgehead atoms. The van der Waals surface area contributed by atoms with Crippen molar-refractivity contribution in [3.63, 3.8) is 0 Å². The molecule has 0 aliphatic carbocycles. The summed E-state index contributed by atoms with van der Waals surface area (Å²) in [5.41, 5.74) is 1.63. The Kier molecular flexibility index (Phi) is 5.39. The van der Waals surface area contributed by atoms with Crippen LogP contribution >= 0.6 is 0 Å². The average Bonchev–Trinajstić information content (AvgIpc) is 2.52. The summed E-state index contributed by atoms with van der Waals surface area (Å²) in [6.07, 6.45) is -0.522. The summed E-state index contributed by atoms with van der Waals surface area (Å²) in [6.45, 7) is 0.111. The Morgan fingerprint density at radius 2 is 1.81 bits per heavy atom. The van der Waals surface area contributed by atoms with Crippen LogP contribution in [0.4, 0.5) is 4.79 Å². The van der Waals surface area contributed by atoms with E-state index >= 15 is 0 Å². The van der Waals surface area contributed by atoms with Gasteiger partial charge in [0.05, 0.1) is 0 Å². The molecule has 0 spiro atoms. The second-order valence-electron chi connectivity index (χ2n) is 4.17. The highest BCUT2D eigenvalue weighted by Gasteiger charge is 2.05. The Hall–Kier alpha value is -2.77. The molecule has 2 N–H and O–H groups in total. The number of ether oxygens (including phenoxy) is 1. The van der Waals surface area contributed by atoms with E-state index in [0.29, 0.717) is 12.3 Å². The first-order valence-electron chi connectivity index (χ1n) is 6.48. The maximum absolute atomic E-state index is 11.7. The molecule has 0 aliphatic heterocycles. The maximum Gasteiger partial charge on any atom is 0.412 e. The summed E-state index contributed by atoms with van der Waals surface area (Å²) in [4.78, 5) is 11.7. The SMILES string of the molecule is O=C(NCc1ccccc1C#CCO)Oc1ccccc1. The van der Waals surface area contributed by atoms with Gasteiger partial charge in [-0.3, -0.25) is 0 Å². The van der Waals surface area contributed by atoms with E-state index in [2.05, 4.69) is 17.2 Å². The lowest BCUT2D eigenvalue weighted by Gasteiger charge is -2.08. The molecule has 0 saturated carbocycles. The molecule has 2 rings (SSSR count). The van der Waals surface area contributed by atoms with Gasteiger partial charge in [-0.1, -0.05) is 48.2 Å². The molecule has 4 nitrogen and oxygen atoms in total. The third-order valence-electron chi connectivity index (χ3n) is 2.70. The number of carbonyl (C=O) groups is 1. The minimum atomic E-state index is -0.522. The van der Waals surface area contributed by atoms with E-state index < -0.39 is 6.09 Å². The summed E-state index contributed by atoms with van der Waals surface area (Å²) < 4.78 is 5.13. The zero-order valence-corrected chi connectivity index (χ0v) is 11.4. The van der Waals surface area contributed by atoms with Crippen LogP contribution in [0.5, 0.6) is 5.75 Å². The fourth-order valence-corrected chi connectivity index (χ4v) is 1.73. The van der Waals surface area contributed by atoms with Crippen molar-refractivity contribution in [3.05, 3.63) is 65.7 Å². The monoisotopic (exact) mass is 281 g/mol. The van der Waals surface area contributed by atoms with Crippen molar-refractivity contribution >= 4 is 6.09 Å². The first kappa shape index (κ1) is 14.6. The number of hydrogen-bond donors (Lipinski definition) is 2. The van der Waals surface area contributed by atoms with E-state index in [9.17, 15) is 4.79 Å². The maximum atomic E-state index is 11.7. The molecular weight excluding hydrogens is 266 g/mol. The van der Waals surface area contributed by atoms with E-state index in [4.69, 9.17) is 9.84 Å². The average molecular weight is 281 g/mol. The van der Waals surface area contributed by atoms with Gasteiger partial charge in [0.25, 0.3) is 0 Å². The molecule has 0 radical (unpaired) electrons. The van der Waals surface area contributed by atoms with Gasteiger partial charge in [0, 0.05) is 12.1 Å². The number of nitrogens with one attached hydrogen (secondary N) is 1. The molecule has 1 amide bonds. The Balaban J connectivity index is 1.95. The van der Waals surface area contributed by atoms with Crippen LogP contribution in [0.25, 0.3) is 0 Å². The third-order valence-corrected chi connectivity index (χ3v) is 2.70. The van der Waals surface area contributed by atoms with Crippen LogP contribution in [-0.2, 0) is 6.54 Å². The summed E-state index contributed by atoms with van der Waals surface area (Å²) >= 11 is 0. The van der Waals surface area contributed by atoms with Crippen molar-refractivity contribution in [2.45, 2.75) is 6.54 Å². The van der Waals surface area contributed by atoms with Gasteiger partial charge in [-0.15, -0.1) is 0 Å². The molecule has 0 heterocycles. The van der Waals surface area contributed by atoms with E-state index in [1.54, 1.807) is 24.3 Å². The molecule has 0 unspecified atom stereocenters. The summed E-state index contributed by atoms with van der Waals surface area (Å²) in [5, 5.41) is 11.4. The molecule has 0 atom stereocenters. The zero-order valence-electron chi connectivity index (χ0n) is 11.4. The van der Waals surface area contributed by atoms with Gasteiger partial charge in [-0.25, -0.2) is 4.79 Å². The fraction of sp³-hybridized carbons (Fsp3) is 0.118. The summed E-state index contributed by atoms with van der Waals surface area (Å²) in [6, 6.07) is 16.3. The lowest BCUT2D eigenvalue weighted by molar-refractivity contribution is 0.200. The van der Waals surface area contributed by atoms with Gasteiger partial charge in [-0.2, -0.15) is 0 Å². The second-order valence-corrected chi connectivity index (χ2v) is 4.17. The quantitative estimate of drug-likeness (QED) is 0.849. The van der Waals surface area contributed by atoms with Crippen LogP contribution in [0.15, 0.2) is 54.6 Å². The number of rotatable bonds is 3. The highest BCUT2D eigenvalue weighted by Crippen LogP contribution is 2.09. The smallest absolute Gasteiger partial charge is 0.410 e. The predicted octanol–water partition coefficient (Wildman–Crippen LogP) is 2.32. The standard InChI is InChI=1S/C17H15NO3/c19-12-6-9-14-7-4-5-8-15(14)13-18-17(20)21-16-10-2-1-3-11-16/h1-5,7-8,10-11,19H,12-13H2,(H,18,20). The van der Waals surface area contributed by atoms with Crippen molar-refractivity contribution in [2.75, 3.05) is 6.61 Å². The minimum absolute atomic E-state index is 0.197. The number of para-hydroxylation sites is 1. The van der Waals surface area contributed by atoms with Crippen molar-refractivity contribution in [1.29, 1.82) is 0 Å². The lowest BCUT2D eigenvalue weighted by atomic mass is 10.1. The first-order valence-corrected chi connectivity index (χ1v) is 6.48. The minimum Gasteiger partial charge on any atom is -0.410 e. The molecule has 106 valence electrons. The van der Waals surface area contributed by atoms with Gasteiger partial charge in [-0.05, 0) is 23.8 Å². The van der Waals surface area contributed by atoms with Crippen LogP contribution in [0.1, 0.15) is 11.1 Å². The summed E-state index contributed by atoms with van der Waals surface area (Å²) in [7, 11) is 0. The van der Waals surface area contributed by atoms with Crippen LogP contribution in [-0.4, -0.2) is 17.8 Å². The predicted molar refractivity (Wildman–Crippen MR) is 79.7 cm³/mol. The zero-order chi connectivity index (χ0) is 14.9. The number of benzene rings is 2. The third kappa shape index (κ3) is 4.68. The Morgan fingerprint density at radius 3 is 2.57 bits per heavy atom. The summed E-state index contributed by atoms with van der Waals surface area (Å²) in [5.74, 6) is 5.93. The lowest BCUT2D eigenvalue weighted by Crippen LogP contribution is -2.26. The van der Waals surface area contributed by atoms with Crippen molar-refractivity contribution in [1.82, 2.24) is 5.32 Å². The van der Waals surface area contributed by atoms with Crippen LogP contribution < -0.4 is 10.1 Å². The number of aliphatic hydroxyl groups excluding tert-OH is 1.